The number of methoxy groups -OCH3 is 2. The van der Waals surface area contributed by atoms with E-state index in [0.29, 0.717) is 35.8 Å². The number of nitrogens with zero attached hydrogens (tertiary/aromatic N) is 1. The summed E-state index contributed by atoms with van der Waals surface area (Å²) in [7, 11) is 3.19. The molecule has 6 nitrogen and oxygen atoms in total. The highest BCUT2D eigenvalue weighted by atomic mass is 16.5. The van der Waals surface area contributed by atoms with Crippen LogP contribution in [0, 0.1) is 0 Å². The lowest BCUT2D eigenvalue weighted by Crippen LogP contribution is -2.54. The van der Waals surface area contributed by atoms with Crippen LogP contribution in [0.25, 0.3) is 0 Å². The third-order valence-electron chi connectivity index (χ3n) is 5.70. The Kier molecular flexibility index (Phi) is 5.37. The van der Waals surface area contributed by atoms with Gasteiger partial charge in [-0.3, -0.25) is 4.79 Å². The summed E-state index contributed by atoms with van der Waals surface area (Å²) in [5.41, 5.74) is 3.01. The monoisotopic (exact) mass is 396 g/mol. The van der Waals surface area contributed by atoms with Gasteiger partial charge in [-0.1, -0.05) is 12.1 Å². The fourth-order valence-corrected chi connectivity index (χ4v) is 4.35. The number of hydrogen-bond donors (Lipinski definition) is 1. The number of fused-ring (bicyclic) bond motifs is 1. The molecule has 0 amide bonds. The van der Waals surface area contributed by atoms with Crippen molar-refractivity contribution in [1.82, 2.24) is 5.32 Å². The van der Waals surface area contributed by atoms with Crippen molar-refractivity contribution in [3.8, 4) is 17.2 Å². The van der Waals surface area contributed by atoms with Crippen LogP contribution in [-0.2, 0) is 11.2 Å². The normalized spacial score (nSPS) is 23.9. The van der Waals surface area contributed by atoms with Gasteiger partial charge in [-0.05, 0) is 49.6 Å². The van der Waals surface area contributed by atoms with Crippen LogP contribution < -0.4 is 24.4 Å². The van der Waals surface area contributed by atoms with Gasteiger partial charge >= 0.3 is 5.97 Å². The zero-order valence-corrected chi connectivity index (χ0v) is 17.4. The molecule has 2 aliphatic rings. The molecule has 0 radical (unpaired) electrons. The Morgan fingerprint density at radius 3 is 2.41 bits per heavy atom. The Bertz CT molecular complexity index is 904. The number of hydrogen-bond acceptors (Lipinski definition) is 6. The molecule has 0 saturated carbocycles. The molecule has 4 rings (SSSR count). The molecule has 2 aromatic rings. The Balaban J connectivity index is 1.58. The van der Waals surface area contributed by atoms with Crippen LogP contribution in [0.1, 0.15) is 30.9 Å². The van der Waals surface area contributed by atoms with Crippen molar-refractivity contribution in [2.75, 3.05) is 32.2 Å². The Morgan fingerprint density at radius 2 is 1.72 bits per heavy atom. The fraction of sp³-hybridized carbons (Fsp3) is 0.435. The molecule has 1 fully saturated rings. The van der Waals surface area contributed by atoms with Gasteiger partial charge in [0.25, 0.3) is 0 Å². The van der Waals surface area contributed by atoms with Gasteiger partial charge < -0.3 is 24.4 Å². The maximum atomic E-state index is 12.8. The predicted octanol–water partition coefficient (Wildman–Crippen LogP) is 3.14. The molecule has 0 aliphatic carbocycles. The first kappa shape index (κ1) is 19.6. The smallest absolute Gasteiger partial charge is 0.319 e. The van der Waals surface area contributed by atoms with E-state index in [-0.39, 0.29) is 11.9 Å². The largest absolute Gasteiger partial charge is 0.493 e. The van der Waals surface area contributed by atoms with E-state index in [1.165, 1.54) is 0 Å². The first-order valence-corrected chi connectivity index (χ1v) is 10.1. The maximum Gasteiger partial charge on any atom is 0.319 e. The topological polar surface area (TPSA) is 60.0 Å². The quantitative estimate of drug-likeness (QED) is 0.633. The molecule has 0 spiro atoms. The summed E-state index contributed by atoms with van der Waals surface area (Å²) in [6.07, 6.45) is 0.609. The number of esters is 1. The molecule has 6 heteroatoms. The van der Waals surface area contributed by atoms with Crippen LogP contribution in [0.4, 0.5) is 5.69 Å². The zero-order valence-electron chi connectivity index (χ0n) is 17.4. The molecule has 0 bridgehead atoms. The Labute approximate surface area is 171 Å². The van der Waals surface area contributed by atoms with E-state index in [1.54, 1.807) is 14.2 Å². The first-order valence-electron chi connectivity index (χ1n) is 10.1. The van der Waals surface area contributed by atoms with Gasteiger partial charge in [0.15, 0.2) is 11.5 Å². The number of piperazine rings is 1. The molecule has 3 atom stereocenters. The average molecular weight is 396 g/mol. The number of benzene rings is 2. The molecule has 0 aromatic heterocycles. The lowest BCUT2D eigenvalue weighted by Gasteiger charge is -2.38. The second kappa shape index (κ2) is 7.95. The first-order chi connectivity index (χ1) is 14.0. The van der Waals surface area contributed by atoms with E-state index in [0.717, 1.165) is 29.9 Å². The summed E-state index contributed by atoms with van der Waals surface area (Å²) in [6.45, 7) is 6.25. The number of ether oxygens (including phenoxy) is 3. The summed E-state index contributed by atoms with van der Waals surface area (Å²) < 4.78 is 16.4. The molecule has 1 saturated heterocycles. The summed E-state index contributed by atoms with van der Waals surface area (Å²) in [5.74, 6) is 1.34. The van der Waals surface area contributed by atoms with Crippen LogP contribution >= 0.6 is 0 Å². The van der Waals surface area contributed by atoms with E-state index in [2.05, 4.69) is 36.2 Å². The van der Waals surface area contributed by atoms with Crippen LogP contribution in [0.5, 0.6) is 17.2 Å². The summed E-state index contributed by atoms with van der Waals surface area (Å²) in [4.78, 5) is 15.1. The number of nitrogens with one attached hydrogen (secondary N) is 1. The average Bonchev–Trinajstić information content (AvgIpc) is 2.71. The fourth-order valence-electron chi connectivity index (χ4n) is 4.35. The zero-order chi connectivity index (χ0) is 20.5. The number of rotatable bonds is 4. The second-order valence-corrected chi connectivity index (χ2v) is 7.96. The SMILES string of the molecule is COc1ccc(C2Cc3ccc(N4C[C@@H](C)N[C@@H](C)C4)cc3OC2=O)cc1OC. The van der Waals surface area contributed by atoms with Crippen molar-refractivity contribution in [2.45, 2.75) is 38.3 Å². The van der Waals surface area contributed by atoms with Crippen molar-refractivity contribution in [3.63, 3.8) is 0 Å². The third kappa shape index (κ3) is 3.90. The molecule has 2 aromatic carbocycles. The van der Waals surface area contributed by atoms with Crippen molar-refractivity contribution in [3.05, 3.63) is 47.5 Å². The lowest BCUT2D eigenvalue weighted by molar-refractivity contribution is -0.137. The minimum atomic E-state index is -0.354. The van der Waals surface area contributed by atoms with Gasteiger partial charge in [0, 0.05) is 36.9 Å². The van der Waals surface area contributed by atoms with Gasteiger partial charge in [0.2, 0.25) is 0 Å². The molecule has 154 valence electrons. The van der Waals surface area contributed by atoms with Crippen molar-refractivity contribution >= 4 is 11.7 Å². The molecular weight excluding hydrogens is 368 g/mol. The number of anilines is 1. The highest BCUT2D eigenvalue weighted by Crippen LogP contribution is 2.38. The van der Waals surface area contributed by atoms with E-state index >= 15 is 0 Å². The van der Waals surface area contributed by atoms with E-state index in [9.17, 15) is 4.79 Å². The van der Waals surface area contributed by atoms with E-state index < -0.39 is 0 Å². The second-order valence-electron chi connectivity index (χ2n) is 7.96. The molecule has 2 heterocycles. The van der Waals surface area contributed by atoms with Gasteiger partial charge in [0.1, 0.15) is 5.75 Å². The minimum Gasteiger partial charge on any atom is -0.493 e. The third-order valence-corrected chi connectivity index (χ3v) is 5.70. The van der Waals surface area contributed by atoms with Crippen molar-refractivity contribution in [1.29, 1.82) is 0 Å². The minimum absolute atomic E-state index is 0.232. The van der Waals surface area contributed by atoms with Crippen LogP contribution in [0.2, 0.25) is 0 Å². The molecule has 29 heavy (non-hydrogen) atoms. The Morgan fingerprint density at radius 1 is 1.00 bits per heavy atom. The van der Waals surface area contributed by atoms with Crippen LogP contribution in [0.15, 0.2) is 36.4 Å². The van der Waals surface area contributed by atoms with Crippen LogP contribution in [0.3, 0.4) is 0 Å². The van der Waals surface area contributed by atoms with Gasteiger partial charge in [0.05, 0.1) is 20.1 Å². The number of carbonyl (C=O) groups excluding carboxylic acids is 1. The summed E-state index contributed by atoms with van der Waals surface area (Å²) in [6, 6.07) is 12.6. The summed E-state index contributed by atoms with van der Waals surface area (Å²) >= 11 is 0. The summed E-state index contributed by atoms with van der Waals surface area (Å²) in [5, 5.41) is 3.54. The standard InChI is InChI=1S/C23H28N2O4/c1-14-12-25(13-15(2)24-14)18-7-5-17-9-19(23(26)29-21(17)11-18)16-6-8-20(27-3)22(10-16)28-4/h5-8,10-11,14-15,19,24H,9,12-13H2,1-4H3/t14-,15+,19?. The van der Waals surface area contributed by atoms with Crippen LogP contribution in [-0.4, -0.2) is 45.4 Å². The van der Waals surface area contributed by atoms with Gasteiger partial charge in [-0.25, -0.2) is 0 Å². The number of carbonyl (C=O) groups is 1. The molecule has 1 N–H and O–H groups in total. The van der Waals surface area contributed by atoms with Crippen molar-refractivity contribution in [2.24, 2.45) is 0 Å². The predicted molar refractivity (Wildman–Crippen MR) is 112 cm³/mol. The molecular formula is C23H28N2O4. The highest BCUT2D eigenvalue weighted by Gasteiger charge is 2.31. The Hall–Kier alpha value is -2.73. The van der Waals surface area contributed by atoms with Gasteiger partial charge in [-0.2, -0.15) is 0 Å². The lowest BCUT2D eigenvalue weighted by atomic mass is 9.89. The maximum absolute atomic E-state index is 12.8. The molecule has 1 unspecified atom stereocenters. The highest BCUT2D eigenvalue weighted by molar-refractivity contribution is 5.84. The van der Waals surface area contributed by atoms with E-state index in [4.69, 9.17) is 14.2 Å². The molecule has 2 aliphatic heterocycles. The van der Waals surface area contributed by atoms with E-state index in [1.807, 2.05) is 24.3 Å². The van der Waals surface area contributed by atoms with Crippen molar-refractivity contribution < 1.29 is 19.0 Å². The van der Waals surface area contributed by atoms with Gasteiger partial charge in [-0.15, -0.1) is 0 Å².